The van der Waals surface area contributed by atoms with Crippen LogP contribution in [0.4, 0.5) is 0 Å². The highest BCUT2D eigenvalue weighted by Crippen LogP contribution is 2.04. The van der Waals surface area contributed by atoms with Crippen LogP contribution in [-0.2, 0) is 12.8 Å². The Hall–Kier alpha value is -1.34. The summed E-state index contributed by atoms with van der Waals surface area (Å²) in [6.45, 7) is 4.47. The molecule has 0 saturated heterocycles. The Kier molecular flexibility index (Phi) is 4.16. The number of hydrogen-bond donors (Lipinski definition) is 0. The van der Waals surface area contributed by atoms with Gasteiger partial charge in [0.15, 0.2) is 0 Å². The van der Waals surface area contributed by atoms with Crippen molar-refractivity contribution in [1.29, 1.82) is 0 Å². The molecule has 0 unspecified atom stereocenters. The van der Waals surface area contributed by atoms with E-state index >= 15 is 0 Å². The predicted molar refractivity (Wildman–Crippen MR) is 78.1 cm³/mol. The first-order chi connectivity index (χ1) is 8.31. The fourth-order valence-electron chi connectivity index (χ4n) is 2.02. The highest BCUT2D eigenvalue weighted by atomic mass is 28.2. The third kappa shape index (κ3) is 3.30. The van der Waals surface area contributed by atoms with E-state index in [4.69, 9.17) is 0 Å². The monoisotopic (exact) mass is 239 g/mol. The molecule has 2 aromatic carbocycles. The molecule has 0 aliphatic rings. The summed E-state index contributed by atoms with van der Waals surface area (Å²) in [6, 6.07) is 17.9. The Morgan fingerprint density at radius 2 is 1.35 bits per heavy atom. The van der Waals surface area contributed by atoms with Crippen LogP contribution in [0.25, 0.3) is 0 Å². The second kappa shape index (κ2) is 5.83. The quantitative estimate of drug-likeness (QED) is 0.718. The second-order valence-electron chi connectivity index (χ2n) is 4.34. The molecule has 0 spiro atoms. The summed E-state index contributed by atoms with van der Waals surface area (Å²) < 4.78 is 0. The average molecular weight is 239 g/mol. The van der Waals surface area contributed by atoms with Crippen LogP contribution in [0.5, 0.6) is 0 Å². The molecule has 1 heteroatoms. The first-order valence-corrected chi connectivity index (χ1v) is 7.50. The molecule has 87 valence electrons. The largest absolute Gasteiger partial charge is 0.103 e. The van der Waals surface area contributed by atoms with Gasteiger partial charge in [0.1, 0.15) is 9.52 Å². The van der Waals surface area contributed by atoms with Gasteiger partial charge in [-0.3, -0.25) is 0 Å². The average Bonchev–Trinajstić information content (AvgIpc) is 2.39. The molecule has 1 radical (unpaired) electrons. The molecule has 0 fully saturated rings. The molecule has 0 amide bonds. The predicted octanol–water partition coefficient (Wildman–Crippen LogP) is 2.20. The highest BCUT2D eigenvalue weighted by Gasteiger charge is 2.01. The minimum absolute atomic E-state index is 0.240. The van der Waals surface area contributed by atoms with Crippen LogP contribution < -0.4 is 10.4 Å². The molecule has 0 atom stereocenters. The Balaban J connectivity index is 2.26. The van der Waals surface area contributed by atoms with E-state index in [1.807, 2.05) is 0 Å². The topological polar surface area (TPSA) is 0 Å². The van der Waals surface area contributed by atoms with Crippen LogP contribution in [0.1, 0.15) is 25.0 Å². The van der Waals surface area contributed by atoms with E-state index in [0.29, 0.717) is 0 Å². The van der Waals surface area contributed by atoms with E-state index in [1.54, 1.807) is 0 Å². The van der Waals surface area contributed by atoms with Gasteiger partial charge in [0.25, 0.3) is 0 Å². The van der Waals surface area contributed by atoms with Gasteiger partial charge in [-0.05, 0) is 24.0 Å². The van der Waals surface area contributed by atoms with Crippen LogP contribution in [-0.4, -0.2) is 9.52 Å². The van der Waals surface area contributed by atoms with Gasteiger partial charge in [0.2, 0.25) is 0 Å². The molecular weight excluding hydrogens is 220 g/mol. The maximum Gasteiger partial charge on any atom is 0.103 e. The van der Waals surface area contributed by atoms with E-state index < -0.39 is 0 Å². The molecule has 2 rings (SSSR count). The number of benzene rings is 2. The van der Waals surface area contributed by atoms with Gasteiger partial charge in [0, 0.05) is 0 Å². The summed E-state index contributed by atoms with van der Waals surface area (Å²) in [5.74, 6) is 0. The third-order valence-electron chi connectivity index (χ3n) is 3.02. The van der Waals surface area contributed by atoms with Crippen molar-refractivity contribution in [2.75, 3.05) is 0 Å². The smallest absolute Gasteiger partial charge is 0.0632 e. The fraction of sp³-hybridized carbons (Fsp3) is 0.250. The van der Waals surface area contributed by atoms with Crippen LogP contribution in [0, 0.1) is 0 Å². The van der Waals surface area contributed by atoms with Gasteiger partial charge in [-0.25, -0.2) is 0 Å². The Morgan fingerprint density at radius 3 is 1.88 bits per heavy atom. The van der Waals surface area contributed by atoms with Crippen molar-refractivity contribution in [3.05, 3.63) is 59.7 Å². The van der Waals surface area contributed by atoms with E-state index in [0.717, 1.165) is 12.8 Å². The molecule has 0 N–H and O–H groups in total. The molecule has 0 aliphatic heterocycles. The van der Waals surface area contributed by atoms with Crippen molar-refractivity contribution in [1.82, 2.24) is 0 Å². The van der Waals surface area contributed by atoms with E-state index in [2.05, 4.69) is 62.4 Å². The maximum absolute atomic E-state index is 2.38. The van der Waals surface area contributed by atoms with Crippen LogP contribution in [0.2, 0.25) is 0 Å². The Bertz CT molecular complexity index is 452. The molecule has 0 aromatic heterocycles. The maximum atomic E-state index is 2.38. The number of rotatable bonds is 4. The molecule has 0 nitrogen and oxygen atoms in total. The molecule has 2 aromatic rings. The Labute approximate surface area is 107 Å². The van der Waals surface area contributed by atoms with Crippen molar-refractivity contribution in [3.63, 3.8) is 0 Å². The molecular formula is C16H19Si. The van der Waals surface area contributed by atoms with Crippen molar-refractivity contribution in [2.45, 2.75) is 26.7 Å². The van der Waals surface area contributed by atoms with E-state index in [1.165, 1.54) is 21.5 Å². The van der Waals surface area contributed by atoms with Gasteiger partial charge >= 0.3 is 0 Å². The van der Waals surface area contributed by atoms with Gasteiger partial charge in [-0.1, -0.05) is 72.8 Å². The van der Waals surface area contributed by atoms with Crippen molar-refractivity contribution in [3.8, 4) is 0 Å². The van der Waals surface area contributed by atoms with Crippen molar-refractivity contribution in [2.24, 2.45) is 0 Å². The van der Waals surface area contributed by atoms with Crippen LogP contribution in [0.15, 0.2) is 48.5 Å². The minimum Gasteiger partial charge on any atom is -0.0632 e. The summed E-state index contributed by atoms with van der Waals surface area (Å²) in [6.07, 6.45) is 2.27. The van der Waals surface area contributed by atoms with Gasteiger partial charge in [-0.15, -0.1) is 0 Å². The van der Waals surface area contributed by atoms with Gasteiger partial charge < -0.3 is 0 Å². The summed E-state index contributed by atoms with van der Waals surface area (Å²) >= 11 is 0. The van der Waals surface area contributed by atoms with E-state index in [-0.39, 0.29) is 9.52 Å². The van der Waals surface area contributed by atoms with Gasteiger partial charge in [0.05, 0.1) is 0 Å². The first kappa shape index (κ1) is 12.1. The minimum atomic E-state index is 0.240. The van der Waals surface area contributed by atoms with Crippen molar-refractivity contribution >= 4 is 19.9 Å². The van der Waals surface area contributed by atoms with Gasteiger partial charge in [-0.2, -0.15) is 0 Å². The third-order valence-corrected chi connectivity index (χ3v) is 4.41. The fourth-order valence-corrected chi connectivity index (χ4v) is 3.42. The molecule has 17 heavy (non-hydrogen) atoms. The van der Waals surface area contributed by atoms with Crippen LogP contribution in [0.3, 0.4) is 0 Å². The molecule has 0 heterocycles. The molecule has 0 saturated carbocycles. The highest BCUT2D eigenvalue weighted by molar-refractivity contribution is 6.67. The van der Waals surface area contributed by atoms with Crippen LogP contribution >= 0.6 is 0 Å². The molecule has 0 bridgehead atoms. The SMILES string of the molecule is CCc1cc(CC)cc([SiH]c2ccccc2)c1. The lowest BCUT2D eigenvalue weighted by Gasteiger charge is -2.07. The standard InChI is InChI=1S/C16H19Si/c1-3-13-10-14(4-2)12-16(11-13)17-15-8-6-5-7-9-15/h5-12,17H,3-4H2,1-2H3. The zero-order valence-corrected chi connectivity index (χ0v) is 11.8. The summed E-state index contributed by atoms with van der Waals surface area (Å²) in [7, 11) is 0.240. The summed E-state index contributed by atoms with van der Waals surface area (Å²) in [5, 5.41) is 3.00. The summed E-state index contributed by atoms with van der Waals surface area (Å²) in [4.78, 5) is 0. The normalized spacial score (nSPS) is 10.5. The lowest BCUT2D eigenvalue weighted by atomic mass is 10.1. The van der Waals surface area contributed by atoms with Crippen molar-refractivity contribution < 1.29 is 0 Å². The Morgan fingerprint density at radius 1 is 0.765 bits per heavy atom. The lowest BCUT2D eigenvalue weighted by molar-refractivity contribution is 1.09. The summed E-state index contributed by atoms with van der Waals surface area (Å²) in [5.41, 5.74) is 2.95. The molecule has 0 aliphatic carbocycles. The zero-order chi connectivity index (χ0) is 12.1. The lowest BCUT2D eigenvalue weighted by Crippen LogP contribution is -2.27. The first-order valence-electron chi connectivity index (χ1n) is 6.34. The number of hydrogen-bond acceptors (Lipinski definition) is 0. The second-order valence-corrected chi connectivity index (χ2v) is 5.97. The number of aryl methyl sites for hydroxylation is 2. The zero-order valence-electron chi connectivity index (χ0n) is 10.6. The van der Waals surface area contributed by atoms with E-state index in [9.17, 15) is 0 Å².